The minimum Gasteiger partial charge on any atom is -0.455 e. The molecule has 0 saturated heterocycles. The van der Waals surface area contributed by atoms with Crippen LogP contribution in [0, 0.1) is 0 Å². The highest BCUT2D eigenvalue weighted by Crippen LogP contribution is 2.66. The van der Waals surface area contributed by atoms with E-state index in [-0.39, 0.29) is 0 Å². The number of rotatable bonds is 4. The first-order valence-corrected chi connectivity index (χ1v) is 14.4. The molecule has 2 aliphatic heterocycles. The van der Waals surface area contributed by atoms with Gasteiger partial charge in [0.05, 0.1) is 0 Å². The van der Waals surface area contributed by atoms with Crippen LogP contribution >= 0.6 is 0 Å². The Morgan fingerprint density at radius 1 is 0.357 bits per heavy atom. The average molecular weight is 539 g/mol. The zero-order valence-electron chi connectivity index (χ0n) is 22.8. The highest BCUT2D eigenvalue weighted by atomic mass is 16.5. The van der Waals surface area contributed by atoms with Crippen LogP contribution in [-0.4, -0.2) is 0 Å². The van der Waals surface area contributed by atoms with Gasteiger partial charge < -0.3 is 9.15 Å². The zero-order chi connectivity index (χ0) is 27.7. The van der Waals surface area contributed by atoms with Crippen molar-refractivity contribution in [2.45, 2.75) is 11.2 Å². The van der Waals surface area contributed by atoms with Gasteiger partial charge in [0.25, 0.3) is 0 Å². The predicted molar refractivity (Wildman–Crippen MR) is 167 cm³/mol. The Labute approximate surface area is 244 Å². The Morgan fingerprint density at radius 3 is 1.12 bits per heavy atom. The summed E-state index contributed by atoms with van der Waals surface area (Å²) in [7, 11) is 0. The summed E-state index contributed by atoms with van der Waals surface area (Å²) in [5, 5.41) is 2.18. The summed E-state index contributed by atoms with van der Waals surface area (Å²) in [5.41, 5.74) is 7.58. The molecular formula is C40H26O2. The first-order valence-electron chi connectivity index (χ1n) is 14.4. The molecule has 2 bridgehead atoms. The fourth-order valence-electron chi connectivity index (χ4n) is 7.30. The molecule has 2 heteroatoms. The molecule has 0 spiro atoms. The molecule has 2 nitrogen and oxygen atoms in total. The standard InChI is InChI=1S/C40H26O2/c1-5-15-27(16-6-1)37-31-25-35-36(26-32(31)38(41-37)28-17-7-2-8-18-28)40(30-21-11-4-12-22-30)34-24-14-13-23-33(34)39(35,42-40)29-19-9-3-10-20-29/h1-26H. The largest absolute Gasteiger partial charge is 0.455 e. The fourth-order valence-corrected chi connectivity index (χ4v) is 7.30. The molecule has 2 atom stereocenters. The highest BCUT2D eigenvalue weighted by molar-refractivity contribution is 6.04. The van der Waals surface area contributed by atoms with Crippen molar-refractivity contribution in [1.29, 1.82) is 0 Å². The van der Waals surface area contributed by atoms with E-state index in [2.05, 4.69) is 146 Å². The van der Waals surface area contributed by atoms with Gasteiger partial charge in [0.1, 0.15) is 22.7 Å². The Balaban J connectivity index is 1.45. The van der Waals surface area contributed by atoms with E-state index in [0.717, 1.165) is 44.5 Å². The van der Waals surface area contributed by atoms with Gasteiger partial charge in [-0.1, -0.05) is 146 Å². The molecule has 2 aliphatic rings. The number of fused-ring (bicyclic) bond motifs is 9. The number of hydrogen-bond donors (Lipinski definition) is 0. The third-order valence-corrected chi connectivity index (χ3v) is 9.03. The predicted octanol–water partition coefficient (Wildman–Crippen LogP) is 9.69. The van der Waals surface area contributed by atoms with Gasteiger partial charge >= 0.3 is 0 Å². The van der Waals surface area contributed by atoms with Gasteiger partial charge in [0.2, 0.25) is 0 Å². The van der Waals surface area contributed by atoms with Gasteiger partial charge in [-0.05, 0) is 34.4 Å². The lowest BCUT2D eigenvalue weighted by Crippen LogP contribution is -2.26. The quantitative estimate of drug-likeness (QED) is 0.223. The molecule has 2 unspecified atom stereocenters. The van der Waals surface area contributed by atoms with E-state index in [1.54, 1.807) is 0 Å². The second kappa shape index (κ2) is 8.66. The molecule has 7 aromatic rings. The number of hydrogen-bond acceptors (Lipinski definition) is 2. The average Bonchev–Trinajstić information content (AvgIpc) is 3.71. The van der Waals surface area contributed by atoms with E-state index in [1.807, 2.05) is 12.1 Å². The van der Waals surface area contributed by atoms with E-state index in [4.69, 9.17) is 9.15 Å². The maximum Gasteiger partial charge on any atom is 0.146 e. The van der Waals surface area contributed by atoms with Crippen LogP contribution in [0.3, 0.4) is 0 Å². The molecule has 0 fully saturated rings. The minimum atomic E-state index is -0.755. The summed E-state index contributed by atoms with van der Waals surface area (Å²) in [6.45, 7) is 0. The maximum atomic E-state index is 7.56. The first kappa shape index (κ1) is 23.5. The van der Waals surface area contributed by atoms with Gasteiger partial charge in [-0.3, -0.25) is 0 Å². The molecule has 0 amide bonds. The van der Waals surface area contributed by atoms with E-state index in [0.29, 0.717) is 0 Å². The van der Waals surface area contributed by atoms with E-state index in [9.17, 15) is 0 Å². The smallest absolute Gasteiger partial charge is 0.146 e. The summed E-state index contributed by atoms with van der Waals surface area (Å²) >= 11 is 0. The Bertz CT molecular complexity index is 1950. The molecule has 0 N–H and O–H groups in total. The van der Waals surface area contributed by atoms with Gasteiger partial charge in [-0.2, -0.15) is 0 Å². The number of benzene rings is 6. The molecule has 1 aromatic heterocycles. The van der Waals surface area contributed by atoms with Gasteiger partial charge in [0.15, 0.2) is 0 Å². The number of furan rings is 1. The Hall–Kier alpha value is -5.18. The van der Waals surface area contributed by atoms with E-state index < -0.39 is 11.2 Å². The third-order valence-electron chi connectivity index (χ3n) is 9.03. The maximum absolute atomic E-state index is 7.56. The molecule has 9 rings (SSSR count). The third kappa shape index (κ3) is 2.97. The van der Waals surface area contributed by atoms with Crippen molar-refractivity contribution in [3.05, 3.63) is 191 Å². The summed E-state index contributed by atoms with van der Waals surface area (Å²) in [6.07, 6.45) is 0. The van der Waals surface area contributed by atoms with Gasteiger partial charge in [-0.15, -0.1) is 0 Å². The van der Waals surface area contributed by atoms with Crippen molar-refractivity contribution in [2.75, 3.05) is 0 Å². The van der Waals surface area contributed by atoms with Crippen LogP contribution in [0.2, 0.25) is 0 Å². The Kier molecular flexibility index (Phi) is 4.85. The van der Waals surface area contributed by atoms with Crippen LogP contribution < -0.4 is 0 Å². The summed E-state index contributed by atoms with van der Waals surface area (Å²) in [5.74, 6) is 1.75. The van der Waals surface area contributed by atoms with Crippen LogP contribution in [0.1, 0.15) is 33.4 Å². The van der Waals surface area contributed by atoms with Crippen LogP contribution in [0.5, 0.6) is 0 Å². The van der Waals surface area contributed by atoms with E-state index in [1.165, 1.54) is 22.3 Å². The van der Waals surface area contributed by atoms with Crippen LogP contribution in [0.4, 0.5) is 0 Å². The van der Waals surface area contributed by atoms with Crippen molar-refractivity contribution >= 4 is 10.8 Å². The van der Waals surface area contributed by atoms with Crippen molar-refractivity contribution in [2.24, 2.45) is 0 Å². The topological polar surface area (TPSA) is 22.4 Å². The first-order chi connectivity index (χ1) is 20.8. The SMILES string of the molecule is c1ccc(-c2oc(-c3ccccc3)c3cc4c(cc23)C2(c3ccccc3)OC4(c3ccccc3)c3ccccc32)cc1. The van der Waals surface area contributed by atoms with Crippen LogP contribution in [-0.2, 0) is 15.9 Å². The van der Waals surface area contributed by atoms with Crippen molar-refractivity contribution in [1.82, 2.24) is 0 Å². The second-order valence-electron chi connectivity index (χ2n) is 11.2. The van der Waals surface area contributed by atoms with Crippen molar-refractivity contribution in [3.8, 4) is 22.6 Å². The minimum absolute atomic E-state index is 0.755. The summed E-state index contributed by atoms with van der Waals surface area (Å²) in [4.78, 5) is 0. The normalized spacial score (nSPS) is 20.0. The zero-order valence-corrected chi connectivity index (χ0v) is 22.8. The second-order valence-corrected chi connectivity index (χ2v) is 11.2. The molecule has 3 heterocycles. The fraction of sp³-hybridized carbons (Fsp3) is 0.0500. The highest BCUT2D eigenvalue weighted by Gasteiger charge is 2.64. The lowest BCUT2D eigenvalue weighted by Gasteiger charge is -2.30. The lowest BCUT2D eigenvalue weighted by molar-refractivity contribution is -0.0257. The monoisotopic (exact) mass is 538 g/mol. The van der Waals surface area contributed by atoms with Crippen LogP contribution in [0.15, 0.2) is 162 Å². The summed E-state index contributed by atoms with van der Waals surface area (Å²) in [6, 6.07) is 55.6. The molecule has 6 aromatic carbocycles. The van der Waals surface area contributed by atoms with Crippen molar-refractivity contribution < 1.29 is 9.15 Å². The summed E-state index contributed by atoms with van der Waals surface area (Å²) < 4.78 is 14.4. The molecule has 0 saturated carbocycles. The van der Waals surface area contributed by atoms with E-state index >= 15 is 0 Å². The molecule has 0 radical (unpaired) electrons. The molecular weight excluding hydrogens is 512 g/mol. The number of ether oxygens (including phenoxy) is 1. The Morgan fingerprint density at radius 2 is 0.714 bits per heavy atom. The molecule has 198 valence electrons. The molecule has 42 heavy (non-hydrogen) atoms. The van der Waals surface area contributed by atoms with Gasteiger partial charge in [-0.25, -0.2) is 0 Å². The van der Waals surface area contributed by atoms with Crippen LogP contribution in [0.25, 0.3) is 33.4 Å². The van der Waals surface area contributed by atoms with Crippen molar-refractivity contribution in [3.63, 3.8) is 0 Å². The molecule has 0 aliphatic carbocycles. The van der Waals surface area contributed by atoms with Gasteiger partial charge in [0, 0.05) is 33.0 Å². The lowest BCUT2D eigenvalue weighted by atomic mass is 9.68.